The third-order valence-electron chi connectivity index (χ3n) is 10.7. The summed E-state index contributed by atoms with van der Waals surface area (Å²) in [5, 5.41) is 7.53. The van der Waals surface area contributed by atoms with Gasteiger partial charge in [-0.25, -0.2) is 0 Å². The van der Waals surface area contributed by atoms with Crippen LogP contribution in [-0.2, 0) is 0 Å². The molecule has 4 heteroatoms. The molecule has 7 aromatic carbocycles. The minimum absolute atomic E-state index is 0.0108. The lowest BCUT2D eigenvalue weighted by atomic mass is 9.45. The summed E-state index contributed by atoms with van der Waals surface area (Å²) >= 11 is 0. The highest BCUT2D eigenvalue weighted by Crippen LogP contribution is 2.47. The normalized spacial score (nSPS) is 13.2. The molecule has 0 N–H and O–H groups in total. The Balaban J connectivity index is 1.39. The van der Waals surface area contributed by atoms with Gasteiger partial charge in [0.15, 0.2) is 0 Å². The van der Waals surface area contributed by atoms with Crippen LogP contribution in [0.3, 0.4) is 0 Å². The molecular formula is C42H23BN2O. The Bertz CT molecular complexity index is 2980. The first-order chi connectivity index (χ1) is 22.8. The number of fused-ring (bicyclic) bond motifs is 14. The maximum atomic E-state index is 6.69. The third kappa shape index (κ3) is 2.62. The summed E-state index contributed by atoms with van der Waals surface area (Å²) in [6.07, 6.45) is 0. The molecule has 5 heterocycles. The van der Waals surface area contributed by atoms with Gasteiger partial charge in [-0.1, -0.05) is 109 Å². The maximum Gasteiger partial charge on any atom is 0.333 e. The molecule has 46 heavy (non-hydrogen) atoms. The van der Waals surface area contributed by atoms with E-state index in [2.05, 4.69) is 149 Å². The van der Waals surface area contributed by atoms with E-state index in [4.69, 9.17) is 4.42 Å². The van der Waals surface area contributed by atoms with Gasteiger partial charge in [0.05, 0.1) is 11.0 Å². The van der Waals surface area contributed by atoms with Gasteiger partial charge in [0.2, 0.25) is 0 Å². The lowest BCUT2D eigenvalue weighted by Crippen LogP contribution is -2.55. The number of rotatable bonds is 1. The molecule has 0 amide bonds. The Morgan fingerprint density at radius 3 is 2.09 bits per heavy atom. The SMILES string of the molecule is c1ccc(-c2cc3c4c(c2)c2ccccc2n4-c2cc4oc5ccccc5c4c4c2B3n2c3ccccc3c3cccc-4c32)cc1. The van der Waals surface area contributed by atoms with Crippen LogP contribution in [-0.4, -0.2) is 15.9 Å². The second kappa shape index (κ2) is 7.98. The lowest BCUT2D eigenvalue weighted by Gasteiger charge is -2.34. The molecule has 0 unspecified atom stereocenters. The molecular weight excluding hydrogens is 559 g/mol. The molecule has 3 aromatic heterocycles. The van der Waals surface area contributed by atoms with Gasteiger partial charge < -0.3 is 13.5 Å². The first kappa shape index (κ1) is 23.4. The van der Waals surface area contributed by atoms with Crippen LogP contribution in [0.25, 0.3) is 93.5 Å². The number of aromatic nitrogens is 2. The minimum atomic E-state index is -0.0108. The predicted octanol–water partition coefficient (Wildman–Crippen LogP) is 9.41. The molecule has 3 nitrogen and oxygen atoms in total. The third-order valence-corrected chi connectivity index (χ3v) is 10.7. The average molecular weight is 582 g/mol. The second-order valence-corrected chi connectivity index (χ2v) is 12.8. The van der Waals surface area contributed by atoms with Gasteiger partial charge in [0.25, 0.3) is 0 Å². The van der Waals surface area contributed by atoms with Crippen LogP contribution >= 0.6 is 0 Å². The summed E-state index contributed by atoms with van der Waals surface area (Å²) in [4.78, 5) is 0. The molecule has 0 aliphatic carbocycles. The van der Waals surface area contributed by atoms with E-state index < -0.39 is 0 Å². The highest BCUT2D eigenvalue weighted by molar-refractivity contribution is 6.90. The predicted molar refractivity (Wildman–Crippen MR) is 192 cm³/mol. The van der Waals surface area contributed by atoms with Gasteiger partial charge in [-0.15, -0.1) is 0 Å². The summed E-state index contributed by atoms with van der Waals surface area (Å²) in [5.41, 5.74) is 15.9. The van der Waals surface area contributed by atoms with E-state index >= 15 is 0 Å². The van der Waals surface area contributed by atoms with Crippen molar-refractivity contribution < 1.29 is 4.42 Å². The van der Waals surface area contributed by atoms with Crippen molar-refractivity contribution in [2.75, 3.05) is 0 Å². The fraction of sp³-hybridized carbons (Fsp3) is 0. The number of hydrogen-bond donors (Lipinski definition) is 0. The standard InChI is InChI=1S/C42H23BN2O/c1-2-11-24(12-3-1)25-21-31-27-14-4-7-18-33(27)44-35-23-37-38(29-15-6-9-20-36(29)46-37)39-30-17-10-16-28-26-13-5-8-19-34(26)45(41(28)30)43(40(35)39)32(22-25)42(31)44/h1-23H. The summed E-state index contributed by atoms with van der Waals surface area (Å²) in [5.74, 6) is 0. The highest BCUT2D eigenvalue weighted by atomic mass is 16.3. The van der Waals surface area contributed by atoms with Gasteiger partial charge >= 0.3 is 6.85 Å². The molecule has 2 aliphatic rings. The van der Waals surface area contributed by atoms with Gasteiger partial charge in [-0.3, -0.25) is 0 Å². The Kier molecular flexibility index (Phi) is 4.06. The average Bonchev–Trinajstić information content (AvgIpc) is 3.77. The molecule has 2 aliphatic heterocycles. The number of para-hydroxylation sites is 4. The number of furan rings is 1. The first-order valence-corrected chi connectivity index (χ1v) is 16.0. The van der Waals surface area contributed by atoms with Gasteiger partial charge in [-0.05, 0) is 51.9 Å². The summed E-state index contributed by atoms with van der Waals surface area (Å²) in [6, 6.07) is 51.2. The fourth-order valence-electron chi connectivity index (χ4n) is 8.96. The van der Waals surface area contributed by atoms with E-state index in [1.807, 2.05) is 0 Å². The largest absolute Gasteiger partial charge is 0.456 e. The Morgan fingerprint density at radius 1 is 0.500 bits per heavy atom. The molecule has 0 radical (unpaired) electrons. The van der Waals surface area contributed by atoms with E-state index in [0.717, 1.165) is 11.2 Å². The molecule has 0 bridgehead atoms. The zero-order valence-electron chi connectivity index (χ0n) is 24.7. The van der Waals surface area contributed by atoms with E-state index in [-0.39, 0.29) is 6.85 Å². The van der Waals surface area contributed by atoms with Crippen molar-refractivity contribution >= 4 is 83.3 Å². The summed E-state index contributed by atoms with van der Waals surface area (Å²) in [6.45, 7) is -0.0108. The molecule has 10 aromatic rings. The van der Waals surface area contributed by atoms with Crippen LogP contribution in [0.1, 0.15) is 0 Å². The highest BCUT2D eigenvalue weighted by Gasteiger charge is 2.43. The van der Waals surface area contributed by atoms with Crippen molar-refractivity contribution in [1.29, 1.82) is 0 Å². The smallest absolute Gasteiger partial charge is 0.333 e. The quantitative estimate of drug-likeness (QED) is 0.177. The molecule has 210 valence electrons. The summed E-state index contributed by atoms with van der Waals surface area (Å²) in [7, 11) is 0. The Morgan fingerprint density at radius 2 is 1.22 bits per heavy atom. The summed E-state index contributed by atoms with van der Waals surface area (Å²) < 4.78 is 11.9. The van der Waals surface area contributed by atoms with Crippen LogP contribution in [0, 0.1) is 0 Å². The van der Waals surface area contributed by atoms with E-state index in [0.29, 0.717) is 0 Å². The number of hydrogen-bond acceptors (Lipinski definition) is 1. The van der Waals surface area contributed by atoms with Crippen LogP contribution in [0.2, 0.25) is 0 Å². The van der Waals surface area contributed by atoms with Crippen molar-refractivity contribution in [1.82, 2.24) is 9.05 Å². The van der Waals surface area contributed by atoms with Crippen LogP contribution < -0.4 is 10.9 Å². The lowest BCUT2D eigenvalue weighted by molar-refractivity contribution is 0.669. The van der Waals surface area contributed by atoms with Crippen molar-refractivity contribution in [3.8, 4) is 27.9 Å². The fourth-order valence-corrected chi connectivity index (χ4v) is 8.96. The van der Waals surface area contributed by atoms with Crippen molar-refractivity contribution in [2.24, 2.45) is 0 Å². The van der Waals surface area contributed by atoms with Crippen LogP contribution in [0.5, 0.6) is 0 Å². The molecule has 0 saturated heterocycles. The maximum absolute atomic E-state index is 6.69. The second-order valence-electron chi connectivity index (χ2n) is 12.8. The van der Waals surface area contributed by atoms with E-state index in [9.17, 15) is 0 Å². The number of benzene rings is 7. The van der Waals surface area contributed by atoms with Gasteiger partial charge in [0.1, 0.15) is 11.2 Å². The molecule has 0 fully saturated rings. The first-order valence-electron chi connectivity index (χ1n) is 16.0. The molecule has 0 atom stereocenters. The zero-order valence-corrected chi connectivity index (χ0v) is 24.7. The zero-order chi connectivity index (χ0) is 29.7. The monoisotopic (exact) mass is 582 g/mol. The van der Waals surface area contributed by atoms with Crippen molar-refractivity contribution in [3.63, 3.8) is 0 Å². The Hall–Kier alpha value is -6.00. The topological polar surface area (TPSA) is 23.0 Å². The molecule has 0 saturated carbocycles. The number of nitrogens with zero attached hydrogens (tertiary/aromatic N) is 2. The van der Waals surface area contributed by atoms with Crippen LogP contribution in [0.15, 0.2) is 144 Å². The molecule has 0 spiro atoms. The van der Waals surface area contributed by atoms with Crippen molar-refractivity contribution in [3.05, 3.63) is 140 Å². The van der Waals surface area contributed by atoms with E-state index in [1.54, 1.807) is 0 Å². The van der Waals surface area contributed by atoms with E-state index in [1.165, 1.54) is 93.3 Å². The van der Waals surface area contributed by atoms with Gasteiger partial charge in [-0.2, -0.15) is 0 Å². The van der Waals surface area contributed by atoms with Crippen LogP contribution in [0.4, 0.5) is 0 Å². The minimum Gasteiger partial charge on any atom is -0.456 e. The van der Waals surface area contributed by atoms with Crippen molar-refractivity contribution in [2.45, 2.75) is 0 Å². The molecule has 12 rings (SSSR count). The van der Waals surface area contributed by atoms with Gasteiger partial charge in [0, 0.05) is 60.7 Å². The Labute approximate surface area is 263 Å².